The number of aryl methyl sites for hydroxylation is 2. The molecule has 1 heterocycles. The number of allylic oxidation sites excluding steroid dienone is 2. The van der Waals surface area contributed by atoms with Crippen LogP contribution in [0.4, 0.5) is 0 Å². The number of carbonyl (C=O) groups excluding carboxylic acids is 3. The Morgan fingerprint density at radius 2 is 1.84 bits per heavy atom. The van der Waals surface area contributed by atoms with Gasteiger partial charge < -0.3 is 15.2 Å². The minimum absolute atomic E-state index is 0.0118. The van der Waals surface area contributed by atoms with Gasteiger partial charge in [-0.3, -0.25) is 14.6 Å². The van der Waals surface area contributed by atoms with Crippen molar-refractivity contribution >= 4 is 33.5 Å². The molecule has 0 aliphatic heterocycles. The number of nitrogens with zero attached hydrogens (tertiary/aromatic N) is 1. The molecule has 0 atom stereocenters. The Bertz CT molecular complexity index is 786. The van der Waals surface area contributed by atoms with Gasteiger partial charge in [-0.05, 0) is 42.6 Å². The summed E-state index contributed by atoms with van der Waals surface area (Å²) in [5.74, 6) is -1.57. The van der Waals surface area contributed by atoms with E-state index in [0.29, 0.717) is 30.8 Å². The first-order chi connectivity index (χ1) is 11.8. The number of aliphatic hydroxyl groups is 1. The van der Waals surface area contributed by atoms with E-state index in [1.165, 1.54) is 7.11 Å². The molecule has 0 spiro atoms. The molecule has 0 aromatic carbocycles. The van der Waals surface area contributed by atoms with Crippen molar-refractivity contribution < 1.29 is 24.2 Å². The fourth-order valence-corrected chi connectivity index (χ4v) is 3.28. The van der Waals surface area contributed by atoms with E-state index in [0.717, 1.165) is 0 Å². The van der Waals surface area contributed by atoms with Gasteiger partial charge in [0.1, 0.15) is 5.70 Å². The third-order valence-electron chi connectivity index (χ3n) is 3.94. The molecule has 2 rings (SSSR count). The number of nitrogens with one attached hydrogen (secondary N) is 1. The molecule has 1 aliphatic carbocycles. The van der Waals surface area contributed by atoms with Crippen LogP contribution < -0.4 is 5.32 Å². The molecule has 7 nitrogen and oxygen atoms in total. The van der Waals surface area contributed by atoms with E-state index >= 15 is 0 Å². The van der Waals surface area contributed by atoms with E-state index in [1.807, 2.05) is 0 Å². The first-order valence-electron chi connectivity index (χ1n) is 7.78. The van der Waals surface area contributed by atoms with Crippen LogP contribution >= 0.6 is 15.9 Å². The van der Waals surface area contributed by atoms with Gasteiger partial charge in [0.05, 0.1) is 34.0 Å². The fraction of sp³-hybridized carbons (Fsp3) is 0.412. The lowest BCUT2D eigenvalue weighted by Crippen LogP contribution is -2.32. The highest BCUT2D eigenvalue weighted by molar-refractivity contribution is 9.12. The number of pyridine rings is 1. The minimum Gasteiger partial charge on any atom is -0.465 e. The number of carbonyl (C=O) groups is 3. The fourth-order valence-electron chi connectivity index (χ4n) is 2.76. The van der Waals surface area contributed by atoms with Crippen LogP contribution in [0.25, 0.3) is 0 Å². The molecule has 8 heteroatoms. The van der Waals surface area contributed by atoms with Crippen molar-refractivity contribution in [3.8, 4) is 0 Å². The number of ketones is 2. The zero-order valence-electron chi connectivity index (χ0n) is 14.2. The summed E-state index contributed by atoms with van der Waals surface area (Å²) < 4.78 is 4.82. The smallest absolute Gasteiger partial charge is 0.340 e. The Morgan fingerprint density at radius 3 is 2.44 bits per heavy atom. The summed E-state index contributed by atoms with van der Waals surface area (Å²) in [6.45, 7) is 3.71. The predicted octanol–water partition coefficient (Wildman–Crippen LogP) is 1.83. The number of halogens is 1. The van der Waals surface area contributed by atoms with Crippen molar-refractivity contribution in [3.05, 3.63) is 38.3 Å². The number of hydrogen-bond donors (Lipinski definition) is 2. The Kier molecular flexibility index (Phi) is 6.07. The van der Waals surface area contributed by atoms with Crippen molar-refractivity contribution in [2.45, 2.75) is 26.7 Å². The average molecular weight is 411 g/mol. The van der Waals surface area contributed by atoms with Crippen molar-refractivity contribution in [2.75, 3.05) is 20.3 Å². The molecule has 1 aromatic rings. The molecule has 0 fully saturated rings. The minimum atomic E-state index is -0.706. The lowest BCUT2D eigenvalue weighted by Gasteiger charge is -2.23. The largest absolute Gasteiger partial charge is 0.465 e. The number of unbranched alkanes of at least 4 members (excludes halogenated alkanes) is 1. The third-order valence-corrected chi connectivity index (χ3v) is 4.69. The summed E-state index contributed by atoms with van der Waals surface area (Å²) in [4.78, 5) is 42.1. The van der Waals surface area contributed by atoms with Crippen LogP contribution in [0.3, 0.4) is 0 Å². The first kappa shape index (κ1) is 19.3. The summed E-state index contributed by atoms with van der Waals surface area (Å²) in [5, 5.41) is 11.8. The predicted molar refractivity (Wildman–Crippen MR) is 94.0 cm³/mol. The molecule has 1 aliphatic rings. The van der Waals surface area contributed by atoms with Gasteiger partial charge in [-0.15, -0.1) is 0 Å². The molecular formula is C17H19BrN2O5. The number of methoxy groups -OCH3 is 1. The Morgan fingerprint density at radius 1 is 1.16 bits per heavy atom. The van der Waals surface area contributed by atoms with Crippen molar-refractivity contribution in [2.24, 2.45) is 0 Å². The van der Waals surface area contributed by atoms with Crippen molar-refractivity contribution in [1.82, 2.24) is 10.3 Å². The highest BCUT2D eigenvalue weighted by atomic mass is 79.9. The van der Waals surface area contributed by atoms with Crippen LogP contribution in [0.15, 0.2) is 10.2 Å². The van der Waals surface area contributed by atoms with E-state index in [1.54, 1.807) is 13.8 Å². The van der Waals surface area contributed by atoms with Crippen LogP contribution in [-0.4, -0.2) is 47.9 Å². The third kappa shape index (κ3) is 3.50. The van der Waals surface area contributed by atoms with E-state index < -0.39 is 17.5 Å². The highest BCUT2D eigenvalue weighted by Gasteiger charge is 2.37. The van der Waals surface area contributed by atoms with Gasteiger partial charge in [-0.25, -0.2) is 4.79 Å². The second-order valence-electron chi connectivity index (χ2n) is 5.60. The molecule has 2 N–H and O–H groups in total. The number of Topliss-reactive ketones (excluding diaryl/α,β-unsaturated/α-hetero) is 2. The van der Waals surface area contributed by atoms with Gasteiger partial charge in [-0.1, -0.05) is 0 Å². The molecule has 0 saturated carbocycles. The summed E-state index contributed by atoms with van der Waals surface area (Å²) in [7, 11) is 1.21. The van der Waals surface area contributed by atoms with Gasteiger partial charge >= 0.3 is 5.97 Å². The Labute approximate surface area is 153 Å². The summed E-state index contributed by atoms with van der Waals surface area (Å²) in [6, 6.07) is 0. The quantitative estimate of drug-likeness (QED) is 0.544. The molecule has 0 bridgehead atoms. The second-order valence-corrected chi connectivity index (χ2v) is 6.40. The number of aromatic nitrogens is 1. The zero-order valence-corrected chi connectivity index (χ0v) is 15.8. The van der Waals surface area contributed by atoms with Gasteiger partial charge in [0, 0.05) is 18.8 Å². The Hall–Kier alpha value is -2.06. The highest BCUT2D eigenvalue weighted by Crippen LogP contribution is 2.33. The number of fused-ring (bicyclic) bond motifs is 1. The maximum absolute atomic E-state index is 12.9. The lowest BCUT2D eigenvalue weighted by molar-refractivity contribution is 0.0596. The number of hydrogen-bond acceptors (Lipinski definition) is 7. The molecule has 0 unspecified atom stereocenters. The standard InChI is InChI=1S/C17H19BrN2O5/c1-8-10-12(11(9(2)20-8)17(24)25-3)15(22)13(18)14(16(10)23)19-6-4-5-7-21/h19,21H,4-7H2,1-3H3. The van der Waals surface area contributed by atoms with Gasteiger partial charge in [-0.2, -0.15) is 0 Å². The van der Waals surface area contributed by atoms with Crippen molar-refractivity contribution in [1.29, 1.82) is 0 Å². The van der Waals surface area contributed by atoms with Gasteiger partial charge in [0.15, 0.2) is 0 Å². The lowest BCUT2D eigenvalue weighted by atomic mass is 9.87. The van der Waals surface area contributed by atoms with E-state index in [-0.39, 0.29) is 33.5 Å². The summed E-state index contributed by atoms with van der Waals surface area (Å²) >= 11 is 3.18. The van der Waals surface area contributed by atoms with Crippen LogP contribution in [0.1, 0.15) is 55.3 Å². The van der Waals surface area contributed by atoms with E-state index in [2.05, 4.69) is 26.2 Å². The Balaban J connectivity index is 2.55. The SMILES string of the molecule is COC(=O)c1c(C)nc(C)c2c1C(=O)C(Br)=C(NCCCCO)C2=O. The number of ether oxygens (including phenoxy) is 1. The number of aliphatic hydroxyl groups excluding tert-OH is 1. The number of rotatable bonds is 6. The van der Waals surface area contributed by atoms with Crippen LogP contribution in [0.5, 0.6) is 0 Å². The van der Waals surface area contributed by atoms with E-state index in [9.17, 15) is 14.4 Å². The summed E-state index contributed by atoms with van der Waals surface area (Å²) in [6.07, 6.45) is 1.23. The molecule has 0 radical (unpaired) electrons. The molecule has 0 saturated heterocycles. The zero-order chi connectivity index (χ0) is 18.7. The maximum Gasteiger partial charge on any atom is 0.340 e. The van der Waals surface area contributed by atoms with E-state index in [4.69, 9.17) is 9.84 Å². The average Bonchev–Trinajstić information content (AvgIpc) is 2.58. The molecule has 25 heavy (non-hydrogen) atoms. The molecule has 1 aromatic heterocycles. The van der Waals surface area contributed by atoms with Gasteiger partial charge in [0.25, 0.3) is 0 Å². The van der Waals surface area contributed by atoms with Gasteiger partial charge in [0.2, 0.25) is 11.6 Å². The van der Waals surface area contributed by atoms with Crippen molar-refractivity contribution in [3.63, 3.8) is 0 Å². The first-order valence-corrected chi connectivity index (χ1v) is 8.57. The maximum atomic E-state index is 12.9. The molecular weight excluding hydrogens is 392 g/mol. The summed E-state index contributed by atoms with van der Waals surface area (Å²) in [5.41, 5.74) is 1.01. The topological polar surface area (TPSA) is 106 Å². The van der Waals surface area contributed by atoms with Crippen LogP contribution in [-0.2, 0) is 4.74 Å². The normalized spacial score (nSPS) is 13.8. The van der Waals surface area contributed by atoms with Crippen LogP contribution in [0, 0.1) is 13.8 Å². The van der Waals surface area contributed by atoms with Crippen LogP contribution in [0.2, 0.25) is 0 Å². The molecule has 0 amide bonds. The number of esters is 1. The monoisotopic (exact) mass is 410 g/mol. The molecule has 134 valence electrons. The second kappa shape index (κ2) is 7.88.